The predicted octanol–water partition coefficient (Wildman–Crippen LogP) is 5.77. The van der Waals surface area contributed by atoms with Gasteiger partial charge in [0.15, 0.2) is 5.78 Å². The molecule has 1 aromatic heterocycles. The summed E-state index contributed by atoms with van der Waals surface area (Å²) in [7, 11) is 0. The quantitative estimate of drug-likeness (QED) is 0.340. The minimum atomic E-state index is -0.294. The molecule has 33 heavy (non-hydrogen) atoms. The fourth-order valence-corrected chi connectivity index (χ4v) is 5.12. The highest BCUT2D eigenvalue weighted by Crippen LogP contribution is 2.41. The van der Waals surface area contributed by atoms with E-state index in [9.17, 15) is 4.79 Å². The molecule has 2 aromatic carbocycles. The van der Waals surface area contributed by atoms with Gasteiger partial charge in [-0.2, -0.15) is 4.98 Å². The Hall–Kier alpha value is -3.06. The number of Topliss-reactive ketones (excluding diaryl/α,β-unsaturated/α-hetero) is 1. The molecule has 1 aliphatic heterocycles. The second-order valence-electron chi connectivity index (χ2n) is 8.41. The zero-order chi connectivity index (χ0) is 22.6. The smallest absolute Gasteiger partial charge is 0.227 e. The third-order valence-corrected chi connectivity index (χ3v) is 6.91. The number of ketones is 1. The van der Waals surface area contributed by atoms with Crippen LogP contribution in [0.25, 0.3) is 0 Å². The lowest BCUT2D eigenvalue weighted by Gasteiger charge is -2.32. The first kappa shape index (κ1) is 21.8. The first-order chi connectivity index (χ1) is 16.2. The topological polar surface area (TPSA) is 69.0 Å². The summed E-state index contributed by atoms with van der Waals surface area (Å²) in [5, 5.41) is 8.94. The van der Waals surface area contributed by atoms with Gasteiger partial charge in [0.1, 0.15) is 11.8 Å². The zero-order valence-electron chi connectivity index (χ0n) is 18.8. The molecular weight excluding hydrogens is 432 g/mol. The number of carbonyl (C=O) groups excluding carboxylic acids is 1. The molecule has 0 spiro atoms. The van der Waals surface area contributed by atoms with Gasteiger partial charge >= 0.3 is 0 Å². The van der Waals surface area contributed by atoms with Crippen molar-refractivity contribution in [2.75, 3.05) is 11.9 Å². The van der Waals surface area contributed by atoms with E-state index >= 15 is 0 Å². The van der Waals surface area contributed by atoms with Crippen LogP contribution in [0.2, 0.25) is 0 Å². The summed E-state index contributed by atoms with van der Waals surface area (Å²) in [6.07, 6.45) is 4.39. The molecule has 0 saturated heterocycles. The Bertz CT molecular complexity index is 1170. The van der Waals surface area contributed by atoms with Crippen LogP contribution >= 0.6 is 11.8 Å². The first-order valence-electron chi connectivity index (χ1n) is 11.6. The Morgan fingerprint density at radius 1 is 1.15 bits per heavy atom. The van der Waals surface area contributed by atoms with Crippen molar-refractivity contribution in [3.8, 4) is 5.75 Å². The molecule has 0 radical (unpaired) electrons. The van der Waals surface area contributed by atoms with Crippen molar-refractivity contribution in [3.05, 3.63) is 77.0 Å². The number of carbonyl (C=O) groups is 1. The summed E-state index contributed by atoms with van der Waals surface area (Å²) in [4.78, 5) is 17.8. The lowest BCUT2D eigenvalue weighted by atomic mass is 9.85. The minimum Gasteiger partial charge on any atom is -0.494 e. The third-order valence-electron chi connectivity index (χ3n) is 6.00. The van der Waals surface area contributed by atoms with Crippen molar-refractivity contribution in [1.82, 2.24) is 14.8 Å². The van der Waals surface area contributed by atoms with E-state index in [1.807, 2.05) is 41.1 Å². The number of hydrogen-bond acceptors (Lipinski definition) is 6. The molecule has 1 unspecified atom stereocenters. The van der Waals surface area contributed by atoms with E-state index < -0.39 is 0 Å². The van der Waals surface area contributed by atoms with Crippen molar-refractivity contribution in [2.45, 2.75) is 56.0 Å². The minimum absolute atomic E-state index is 0.186. The Balaban J connectivity index is 1.48. The monoisotopic (exact) mass is 460 g/mol. The number of nitrogens with one attached hydrogen (secondary N) is 1. The standard InChI is InChI=1S/C26H28N4O2S/c1-2-3-15-32-20-12-7-11-19(16-20)24-23-21(13-8-14-22(23)31)27-25-28-26(29-30(24)25)33-17-18-9-5-4-6-10-18/h4-7,9-12,16,24H,2-3,8,13-15,17H2,1H3,(H,27,28,29). The normalized spacial score (nSPS) is 17.4. The van der Waals surface area contributed by atoms with E-state index in [0.29, 0.717) is 24.1 Å². The maximum atomic E-state index is 13.0. The maximum Gasteiger partial charge on any atom is 0.227 e. The lowest BCUT2D eigenvalue weighted by molar-refractivity contribution is -0.116. The number of allylic oxidation sites excluding steroid dienone is 2. The van der Waals surface area contributed by atoms with E-state index in [2.05, 4.69) is 30.4 Å². The molecule has 7 heteroatoms. The highest BCUT2D eigenvalue weighted by molar-refractivity contribution is 7.98. The molecule has 170 valence electrons. The fourth-order valence-electron chi connectivity index (χ4n) is 4.34. The van der Waals surface area contributed by atoms with Crippen molar-refractivity contribution in [3.63, 3.8) is 0 Å². The van der Waals surface area contributed by atoms with Crippen LogP contribution in [0.5, 0.6) is 5.75 Å². The molecule has 1 N–H and O–H groups in total. The van der Waals surface area contributed by atoms with Crippen LogP contribution in [0.4, 0.5) is 5.95 Å². The molecule has 1 aliphatic carbocycles. The summed E-state index contributed by atoms with van der Waals surface area (Å²) >= 11 is 1.60. The Kier molecular flexibility index (Phi) is 6.48. The number of nitrogens with zero attached hydrogens (tertiary/aromatic N) is 3. The first-order valence-corrected chi connectivity index (χ1v) is 12.6. The van der Waals surface area contributed by atoms with Gasteiger partial charge in [-0.3, -0.25) is 4.79 Å². The van der Waals surface area contributed by atoms with Crippen molar-refractivity contribution in [2.24, 2.45) is 0 Å². The van der Waals surface area contributed by atoms with Gasteiger partial charge in [0.25, 0.3) is 0 Å². The Labute approximate surface area is 198 Å². The molecule has 0 bridgehead atoms. The second kappa shape index (κ2) is 9.83. The molecule has 0 fully saturated rings. The zero-order valence-corrected chi connectivity index (χ0v) is 19.6. The highest BCUT2D eigenvalue weighted by atomic mass is 32.2. The van der Waals surface area contributed by atoms with Crippen molar-refractivity contribution < 1.29 is 9.53 Å². The molecule has 3 aromatic rings. The van der Waals surface area contributed by atoms with Gasteiger partial charge in [0, 0.05) is 23.4 Å². The van der Waals surface area contributed by atoms with Gasteiger partial charge in [-0.1, -0.05) is 67.6 Å². The number of hydrogen-bond donors (Lipinski definition) is 1. The summed E-state index contributed by atoms with van der Waals surface area (Å²) in [6, 6.07) is 18.1. The number of unbranched alkanes of at least 4 members (excludes halogenated alkanes) is 1. The largest absolute Gasteiger partial charge is 0.494 e. The van der Waals surface area contributed by atoms with Crippen LogP contribution < -0.4 is 10.1 Å². The average Bonchev–Trinajstić information content (AvgIpc) is 3.25. The van der Waals surface area contributed by atoms with E-state index in [4.69, 9.17) is 14.8 Å². The SMILES string of the molecule is CCCCOc1cccc(C2C3=C(CCCC3=O)Nc3nc(SCc4ccccc4)nn32)c1. The maximum absolute atomic E-state index is 13.0. The van der Waals surface area contributed by atoms with Gasteiger partial charge in [-0.25, -0.2) is 4.68 Å². The molecule has 1 atom stereocenters. The van der Waals surface area contributed by atoms with Gasteiger partial charge < -0.3 is 10.1 Å². The molecule has 0 amide bonds. The van der Waals surface area contributed by atoms with Gasteiger partial charge in [0.2, 0.25) is 11.1 Å². The number of fused-ring (bicyclic) bond motifs is 1. The van der Waals surface area contributed by atoms with E-state index in [1.165, 1.54) is 5.56 Å². The van der Waals surface area contributed by atoms with Gasteiger partial charge in [-0.15, -0.1) is 5.10 Å². The van der Waals surface area contributed by atoms with Crippen LogP contribution in [0, 0.1) is 0 Å². The number of rotatable bonds is 8. The number of benzene rings is 2. The van der Waals surface area contributed by atoms with Crippen LogP contribution in [0.1, 0.15) is 56.2 Å². The lowest BCUT2D eigenvalue weighted by Crippen LogP contribution is -2.31. The van der Waals surface area contributed by atoms with Crippen LogP contribution in [-0.4, -0.2) is 27.2 Å². The average molecular weight is 461 g/mol. The van der Waals surface area contributed by atoms with Crippen LogP contribution in [0.3, 0.4) is 0 Å². The highest BCUT2D eigenvalue weighted by Gasteiger charge is 2.37. The van der Waals surface area contributed by atoms with Crippen LogP contribution in [0.15, 0.2) is 71.0 Å². The van der Waals surface area contributed by atoms with Gasteiger partial charge in [-0.05, 0) is 42.5 Å². The van der Waals surface area contributed by atoms with Crippen LogP contribution in [-0.2, 0) is 10.5 Å². The summed E-state index contributed by atoms with van der Waals surface area (Å²) < 4.78 is 7.83. The Morgan fingerprint density at radius 3 is 2.88 bits per heavy atom. The van der Waals surface area contributed by atoms with Gasteiger partial charge in [0.05, 0.1) is 6.61 Å². The molecule has 2 aliphatic rings. The van der Waals surface area contributed by atoms with E-state index in [1.54, 1.807) is 11.8 Å². The van der Waals surface area contributed by atoms with Crippen molar-refractivity contribution in [1.29, 1.82) is 0 Å². The molecule has 6 nitrogen and oxygen atoms in total. The number of thioether (sulfide) groups is 1. The fraction of sp³-hybridized carbons (Fsp3) is 0.346. The predicted molar refractivity (Wildman–Crippen MR) is 131 cm³/mol. The van der Waals surface area contributed by atoms with Crippen molar-refractivity contribution >= 4 is 23.5 Å². The molecule has 5 rings (SSSR count). The third kappa shape index (κ3) is 4.69. The second-order valence-corrected chi connectivity index (χ2v) is 9.35. The summed E-state index contributed by atoms with van der Waals surface area (Å²) in [6.45, 7) is 2.84. The Morgan fingerprint density at radius 2 is 2.03 bits per heavy atom. The van der Waals surface area contributed by atoms with E-state index in [-0.39, 0.29) is 11.8 Å². The summed E-state index contributed by atoms with van der Waals surface area (Å²) in [5.74, 6) is 2.50. The molecular formula is C26H28N4O2S. The summed E-state index contributed by atoms with van der Waals surface area (Å²) in [5.41, 5.74) is 4.01. The number of anilines is 1. The molecule has 2 heterocycles. The number of ether oxygens (including phenoxy) is 1. The number of aromatic nitrogens is 3. The molecule has 0 saturated carbocycles. The van der Waals surface area contributed by atoms with E-state index in [0.717, 1.165) is 54.0 Å².